The van der Waals surface area contributed by atoms with Gasteiger partial charge in [0.2, 0.25) is 5.91 Å². The highest BCUT2D eigenvalue weighted by Crippen LogP contribution is 2.20. The Morgan fingerprint density at radius 3 is 2.24 bits per heavy atom. The molecule has 0 unspecified atom stereocenters. The number of amides is 1. The van der Waals surface area contributed by atoms with Crippen LogP contribution >= 0.6 is 11.6 Å². The Balaban J connectivity index is 2.00. The van der Waals surface area contributed by atoms with Crippen molar-refractivity contribution in [3.8, 4) is 0 Å². The zero-order chi connectivity index (χ0) is 15.4. The molecule has 4 N–H and O–H groups in total. The van der Waals surface area contributed by atoms with Crippen LogP contribution in [0.2, 0.25) is 5.02 Å². The van der Waals surface area contributed by atoms with Crippen LogP contribution in [0.1, 0.15) is 26.3 Å². The average molecular weight is 305 g/mol. The molecule has 2 aromatic carbocycles. The van der Waals surface area contributed by atoms with Crippen LogP contribution in [-0.2, 0) is 11.3 Å². The third kappa shape index (κ3) is 3.73. The smallest absolute Gasteiger partial charge is 0.338 e. The summed E-state index contributed by atoms with van der Waals surface area (Å²) in [6.07, 6.45) is 0. The highest BCUT2D eigenvalue weighted by molar-refractivity contribution is 6.33. The van der Waals surface area contributed by atoms with Crippen LogP contribution in [0.15, 0.2) is 42.5 Å². The zero-order valence-electron chi connectivity index (χ0n) is 11.0. The number of halogens is 1. The number of anilines is 1. The van der Waals surface area contributed by atoms with Gasteiger partial charge in [0, 0.05) is 5.56 Å². The summed E-state index contributed by atoms with van der Waals surface area (Å²) in [6.45, 7) is 0.0832. The Labute approximate surface area is 126 Å². The lowest BCUT2D eigenvalue weighted by atomic mass is 10.1. The quantitative estimate of drug-likeness (QED) is 0.669. The zero-order valence-corrected chi connectivity index (χ0v) is 11.8. The average Bonchev–Trinajstić information content (AvgIpc) is 2.48. The molecule has 21 heavy (non-hydrogen) atoms. The number of ether oxygens (including phenoxy) is 1. The lowest BCUT2D eigenvalue weighted by Gasteiger charge is -2.06. The first-order valence-electron chi connectivity index (χ1n) is 6.08. The maximum Gasteiger partial charge on any atom is 0.338 e. The van der Waals surface area contributed by atoms with E-state index in [-0.39, 0.29) is 6.61 Å². The second-order valence-electron chi connectivity index (χ2n) is 4.37. The van der Waals surface area contributed by atoms with Gasteiger partial charge in [-0.2, -0.15) is 0 Å². The highest BCUT2D eigenvalue weighted by Gasteiger charge is 2.09. The predicted octanol–water partition coefficient (Wildman–Crippen LogP) is 2.38. The summed E-state index contributed by atoms with van der Waals surface area (Å²) in [5.41, 5.74) is 12.6. The number of primary amides is 1. The van der Waals surface area contributed by atoms with Crippen molar-refractivity contribution in [3.05, 3.63) is 64.2 Å². The summed E-state index contributed by atoms with van der Waals surface area (Å²) in [6, 6.07) is 11.0. The van der Waals surface area contributed by atoms with Crippen molar-refractivity contribution in [2.45, 2.75) is 6.61 Å². The first-order chi connectivity index (χ1) is 9.97. The van der Waals surface area contributed by atoms with Gasteiger partial charge >= 0.3 is 5.97 Å². The minimum Gasteiger partial charge on any atom is -0.457 e. The van der Waals surface area contributed by atoms with Crippen LogP contribution in [0.25, 0.3) is 0 Å². The molecular weight excluding hydrogens is 292 g/mol. The topological polar surface area (TPSA) is 95.4 Å². The number of hydrogen-bond donors (Lipinski definition) is 2. The number of hydrogen-bond acceptors (Lipinski definition) is 4. The van der Waals surface area contributed by atoms with Gasteiger partial charge in [0.05, 0.1) is 16.3 Å². The van der Waals surface area contributed by atoms with Crippen molar-refractivity contribution in [1.82, 2.24) is 0 Å². The molecule has 0 atom stereocenters. The fraction of sp³-hybridized carbons (Fsp3) is 0.0667. The van der Waals surface area contributed by atoms with E-state index < -0.39 is 11.9 Å². The van der Waals surface area contributed by atoms with Crippen molar-refractivity contribution in [1.29, 1.82) is 0 Å². The molecule has 0 heterocycles. The minimum atomic E-state index is -0.505. The Morgan fingerprint density at radius 2 is 1.67 bits per heavy atom. The van der Waals surface area contributed by atoms with E-state index in [1.165, 1.54) is 6.07 Å². The summed E-state index contributed by atoms with van der Waals surface area (Å²) in [4.78, 5) is 22.8. The van der Waals surface area contributed by atoms with Gasteiger partial charge in [0.25, 0.3) is 0 Å². The summed E-state index contributed by atoms with van der Waals surface area (Å²) in [5, 5.41) is 0.301. The van der Waals surface area contributed by atoms with Gasteiger partial charge in [0.15, 0.2) is 0 Å². The molecule has 0 bridgehead atoms. The number of benzene rings is 2. The number of nitrogens with two attached hydrogens (primary N) is 2. The molecule has 0 spiro atoms. The fourth-order valence-corrected chi connectivity index (χ4v) is 1.83. The number of esters is 1. The van der Waals surface area contributed by atoms with E-state index in [0.717, 1.165) is 5.56 Å². The van der Waals surface area contributed by atoms with Gasteiger partial charge < -0.3 is 16.2 Å². The summed E-state index contributed by atoms with van der Waals surface area (Å²) in [7, 11) is 0. The first-order valence-corrected chi connectivity index (χ1v) is 6.46. The highest BCUT2D eigenvalue weighted by atomic mass is 35.5. The molecule has 0 aliphatic carbocycles. The second-order valence-corrected chi connectivity index (χ2v) is 4.78. The van der Waals surface area contributed by atoms with Gasteiger partial charge in [-0.1, -0.05) is 23.7 Å². The van der Waals surface area contributed by atoms with E-state index in [0.29, 0.717) is 21.8 Å². The fourth-order valence-electron chi connectivity index (χ4n) is 1.65. The molecular formula is C15H13ClN2O3. The molecule has 1 amide bonds. The molecule has 5 nitrogen and oxygen atoms in total. The van der Waals surface area contributed by atoms with Crippen LogP contribution in [0, 0.1) is 0 Å². The molecule has 108 valence electrons. The van der Waals surface area contributed by atoms with Gasteiger partial charge in [-0.15, -0.1) is 0 Å². The number of nitrogen functional groups attached to an aromatic ring is 1. The number of carbonyl (C=O) groups is 2. The van der Waals surface area contributed by atoms with Gasteiger partial charge in [-0.05, 0) is 35.9 Å². The van der Waals surface area contributed by atoms with E-state index in [1.54, 1.807) is 36.4 Å². The van der Waals surface area contributed by atoms with Gasteiger partial charge in [-0.3, -0.25) is 4.79 Å². The van der Waals surface area contributed by atoms with Crippen LogP contribution < -0.4 is 11.5 Å². The van der Waals surface area contributed by atoms with Crippen molar-refractivity contribution < 1.29 is 14.3 Å². The third-order valence-electron chi connectivity index (χ3n) is 2.84. The van der Waals surface area contributed by atoms with Crippen LogP contribution in [0.3, 0.4) is 0 Å². The third-order valence-corrected chi connectivity index (χ3v) is 3.17. The molecule has 0 saturated carbocycles. The SMILES string of the molecule is NC(=O)c1ccc(COC(=O)c2ccc(N)c(Cl)c2)cc1. The normalized spacial score (nSPS) is 10.1. The standard InChI is InChI=1S/C15H13ClN2O3/c16-12-7-11(5-6-13(12)17)15(20)21-8-9-1-3-10(4-2-9)14(18)19/h1-7H,8,17H2,(H2,18,19). The van der Waals surface area contributed by atoms with Gasteiger partial charge in [-0.25, -0.2) is 4.79 Å². The Bertz CT molecular complexity index is 684. The van der Waals surface area contributed by atoms with E-state index in [9.17, 15) is 9.59 Å². The van der Waals surface area contributed by atoms with Crippen molar-refractivity contribution in [3.63, 3.8) is 0 Å². The Kier molecular flexibility index (Phi) is 4.45. The Morgan fingerprint density at radius 1 is 1.05 bits per heavy atom. The van der Waals surface area contributed by atoms with Crippen molar-refractivity contribution >= 4 is 29.2 Å². The molecule has 0 saturated heterocycles. The molecule has 0 fully saturated rings. The predicted molar refractivity (Wildman–Crippen MR) is 79.9 cm³/mol. The summed E-state index contributed by atoms with van der Waals surface area (Å²) >= 11 is 5.85. The molecule has 0 radical (unpaired) electrons. The van der Waals surface area contributed by atoms with Gasteiger partial charge in [0.1, 0.15) is 6.61 Å². The van der Waals surface area contributed by atoms with Crippen molar-refractivity contribution in [2.75, 3.05) is 5.73 Å². The van der Waals surface area contributed by atoms with Crippen LogP contribution in [0.5, 0.6) is 0 Å². The van der Waals surface area contributed by atoms with E-state index in [1.807, 2.05) is 0 Å². The molecule has 0 aliphatic heterocycles. The minimum absolute atomic E-state index is 0.0832. The van der Waals surface area contributed by atoms with E-state index in [2.05, 4.69) is 0 Å². The second kappa shape index (κ2) is 6.28. The van der Waals surface area contributed by atoms with Crippen LogP contribution in [0.4, 0.5) is 5.69 Å². The number of carbonyl (C=O) groups excluding carboxylic acids is 2. The number of rotatable bonds is 4. The molecule has 6 heteroatoms. The molecule has 0 aromatic heterocycles. The van der Waals surface area contributed by atoms with E-state index in [4.69, 9.17) is 27.8 Å². The Hall–Kier alpha value is -2.53. The van der Waals surface area contributed by atoms with E-state index >= 15 is 0 Å². The molecule has 0 aliphatic rings. The first kappa shape index (κ1) is 14.9. The van der Waals surface area contributed by atoms with Crippen LogP contribution in [-0.4, -0.2) is 11.9 Å². The monoisotopic (exact) mass is 304 g/mol. The largest absolute Gasteiger partial charge is 0.457 e. The molecule has 2 aromatic rings. The summed E-state index contributed by atoms with van der Waals surface area (Å²) < 4.78 is 5.15. The lowest BCUT2D eigenvalue weighted by Crippen LogP contribution is -2.11. The van der Waals surface area contributed by atoms with Crippen molar-refractivity contribution in [2.24, 2.45) is 5.73 Å². The lowest BCUT2D eigenvalue weighted by molar-refractivity contribution is 0.0472. The maximum absolute atomic E-state index is 11.9. The summed E-state index contributed by atoms with van der Waals surface area (Å²) in [5.74, 6) is -1.01. The molecule has 2 rings (SSSR count). The maximum atomic E-state index is 11.9.